The van der Waals surface area contributed by atoms with Crippen molar-refractivity contribution in [1.29, 1.82) is 0 Å². The van der Waals surface area contributed by atoms with Crippen LogP contribution < -0.4 is 10.6 Å². The van der Waals surface area contributed by atoms with Crippen molar-refractivity contribution in [2.45, 2.75) is 38.8 Å². The standard InChI is InChI=1S/C20H33N5O/c1-16-7-5-6-13-25(16)14-12-22-20(21-2)23-15-17-8-10-18(11-9-17)19(26)24(3)4/h8-11,16H,5-7,12-15H2,1-4H3,(H2,21,22,23). The van der Waals surface area contributed by atoms with Gasteiger partial charge in [-0.05, 0) is 44.0 Å². The van der Waals surface area contributed by atoms with Gasteiger partial charge >= 0.3 is 0 Å². The lowest BCUT2D eigenvalue weighted by Gasteiger charge is -2.33. The van der Waals surface area contributed by atoms with Gasteiger partial charge in [0.05, 0.1) is 0 Å². The van der Waals surface area contributed by atoms with Crippen LogP contribution in [0.3, 0.4) is 0 Å². The molecule has 2 rings (SSSR count). The average molecular weight is 360 g/mol. The highest BCUT2D eigenvalue weighted by atomic mass is 16.2. The molecule has 1 amide bonds. The second kappa shape index (κ2) is 10.2. The molecule has 2 N–H and O–H groups in total. The van der Waals surface area contributed by atoms with E-state index in [9.17, 15) is 4.79 Å². The first-order valence-electron chi connectivity index (χ1n) is 9.50. The van der Waals surface area contributed by atoms with E-state index >= 15 is 0 Å². The molecular formula is C20H33N5O. The average Bonchev–Trinajstić information content (AvgIpc) is 2.65. The van der Waals surface area contributed by atoms with E-state index in [1.807, 2.05) is 24.3 Å². The van der Waals surface area contributed by atoms with E-state index in [0.717, 1.165) is 24.6 Å². The zero-order valence-corrected chi connectivity index (χ0v) is 16.6. The third kappa shape index (κ3) is 6.02. The summed E-state index contributed by atoms with van der Waals surface area (Å²) in [6, 6.07) is 8.38. The molecule has 0 bridgehead atoms. The summed E-state index contributed by atoms with van der Waals surface area (Å²) in [4.78, 5) is 20.3. The zero-order chi connectivity index (χ0) is 18.9. The van der Waals surface area contributed by atoms with Crippen LogP contribution in [-0.4, -0.2) is 68.5 Å². The van der Waals surface area contributed by atoms with Gasteiger partial charge in [-0.1, -0.05) is 18.6 Å². The second-order valence-corrected chi connectivity index (χ2v) is 7.13. The molecule has 1 aliphatic rings. The number of hydrogen-bond acceptors (Lipinski definition) is 3. The monoisotopic (exact) mass is 359 g/mol. The van der Waals surface area contributed by atoms with E-state index in [4.69, 9.17) is 0 Å². The lowest BCUT2D eigenvalue weighted by Crippen LogP contribution is -2.45. The van der Waals surface area contributed by atoms with Crippen LogP contribution in [0.5, 0.6) is 0 Å². The van der Waals surface area contributed by atoms with Crippen LogP contribution >= 0.6 is 0 Å². The Balaban J connectivity index is 1.75. The molecule has 1 atom stereocenters. The van der Waals surface area contributed by atoms with Crippen molar-refractivity contribution in [2.24, 2.45) is 4.99 Å². The third-order valence-electron chi connectivity index (χ3n) is 4.92. The first kappa shape index (κ1) is 20.2. The summed E-state index contributed by atoms with van der Waals surface area (Å²) in [5.41, 5.74) is 1.82. The predicted octanol–water partition coefficient (Wildman–Crippen LogP) is 1.93. The Labute approximate surface area is 157 Å². The molecule has 0 spiro atoms. The number of likely N-dealkylation sites (tertiary alicyclic amines) is 1. The fourth-order valence-corrected chi connectivity index (χ4v) is 3.24. The van der Waals surface area contributed by atoms with E-state index in [1.54, 1.807) is 26.0 Å². The maximum Gasteiger partial charge on any atom is 0.253 e. The van der Waals surface area contributed by atoms with Crippen LogP contribution in [0, 0.1) is 0 Å². The quantitative estimate of drug-likeness (QED) is 0.602. The topological polar surface area (TPSA) is 60.0 Å². The number of hydrogen-bond donors (Lipinski definition) is 2. The van der Waals surface area contributed by atoms with Crippen LogP contribution in [0.15, 0.2) is 29.3 Å². The molecule has 0 saturated carbocycles. The van der Waals surface area contributed by atoms with Gasteiger partial charge in [-0.3, -0.25) is 14.7 Å². The Kier molecular flexibility index (Phi) is 7.91. The van der Waals surface area contributed by atoms with Crippen molar-refractivity contribution in [3.8, 4) is 0 Å². The molecule has 1 saturated heterocycles. The molecule has 0 aromatic heterocycles. The summed E-state index contributed by atoms with van der Waals surface area (Å²) in [7, 11) is 5.31. The largest absolute Gasteiger partial charge is 0.355 e. The van der Waals surface area contributed by atoms with Gasteiger partial charge in [-0.2, -0.15) is 0 Å². The fourth-order valence-electron chi connectivity index (χ4n) is 3.24. The first-order valence-corrected chi connectivity index (χ1v) is 9.50. The second-order valence-electron chi connectivity index (χ2n) is 7.13. The smallest absolute Gasteiger partial charge is 0.253 e. The number of nitrogens with one attached hydrogen (secondary N) is 2. The number of aliphatic imine (C=N–C) groups is 1. The van der Waals surface area contributed by atoms with Gasteiger partial charge in [-0.25, -0.2) is 0 Å². The van der Waals surface area contributed by atoms with Gasteiger partial charge in [0.15, 0.2) is 5.96 Å². The minimum absolute atomic E-state index is 0.0222. The predicted molar refractivity (Wildman–Crippen MR) is 108 cm³/mol. The summed E-state index contributed by atoms with van der Waals surface area (Å²) < 4.78 is 0. The van der Waals surface area contributed by atoms with Crippen LogP contribution in [0.25, 0.3) is 0 Å². The van der Waals surface area contributed by atoms with E-state index in [-0.39, 0.29) is 5.91 Å². The van der Waals surface area contributed by atoms with Gasteiger partial charge in [0.25, 0.3) is 5.91 Å². The van der Waals surface area contributed by atoms with Crippen molar-refractivity contribution in [3.63, 3.8) is 0 Å². The molecule has 1 aromatic rings. The number of guanidine groups is 1. The Bertz CT molecular complexity index is 597. The summed E-state index contributed by atoms with van der Waals surface area (Å²) in [6.45, 7) is 6.13. The molecule has 1 unspecified atom stereocenters. The van der Waals surface area contributed by atoms with E-state index in [2.05, 4.69) is 27.4 Å². The SMILES string of the molecule is CN=C(NCCN1CCCCC1C)NCc1ccc(C(=O)N(C)C)cc1. The van der Waals surface area contributed by atoms with Crippen LogP contribution in [0.1, 0.15) is 42.1 Å². The lowest BCUT2D eigenvalue weighted by molar-refractivity contribution is 0.0827. The number of carbonyl (C=O) groups is 1. The van der Waals surface area contributed by atoms with Gasteiger partial charge < -0.3 is 15.5 Å². The van der Waals surface area contributed by atoms with Crippen LogP contribution in [0.4, 0.5) is 0 Å². The minimum atomic E-state index is 0.0222. The summed E-state index contributed by atoms with van der Waals surface area (Å²) in [6.07, 6.45) is 3.97. The first-order chi connectivity index (χ1) is 12.5. The number of benzene rings is 1. The summed E-state index contributed by atoms with van der Waals surface area (Å²) >= 11 is 0. The highest BCUT2D eigenvalue weighted by Gasteiger charge is 2.17. The third-order valence-corrected chi connectivity index (χ3v) is 4.92. The van der Waals surface area contributed by atoms with Crippen LogP contribution in [-0.2, 0) is 6.54 Å². The number of amides is 1. The number of nitrogens with zero attached hydrogens (tertiary/aromatic N) is 3. The van der Waals surface area contributed by atoms with Gasteiger partial charge in [-0.15, -0.1) is 0 Å². The molecule has 1 fully saturated rings. The summed E-state index contributed by atoms with van der Waals surface area (Å²) in [5.74, 6) is 0.831. The maximum atomic E-state index is 11.9. The lowest BCUT2D eigenvalue weighted by atomic mass is 10.0. The number of rotatable bonds is 6. The Hall–Kier alpha value is -2.08. The van der Waals surface area contributed by atoms with Gasteiger partial charge in [0.2, 0.25) is 0 Å². The molecule has 6 nitrogen and oxygen atoms in total. The highest BCUT2D eigenvalue weighted by Crippen LogP contribution is 2.15. The molecule has 26 heavy (non-hydrogen) atoms. The molecule has 1 aliphatic heterocycles. The van der Waals surface area contributed by atoms with Gasteiger partial charge in [0, 0.05) is 52.4 Å². The molecule has 0 aliphatic carbocycles. The molecular weight excluding hydrogens is 326 g/mol. The van der Waals surface area contributed by atoms with E-state index < -0.39 is 0 Å². The molecule has 144 valence electrons. The fraction of sp³-hybridized carbons (Fsp3) is 0.600. The molecule has 1 heterocycles. The molecule has 1 aromatic carbocycles. The Morgan fingerprint density at radius 1 is 1.23 bits per heavy atom. The maximum absolute atomic E-state index is 11.9. The molecule has 6 heteroatoms. The highest BCUT2D eigenvalue weighted by molar-refractivity contribution is 5.93. The number of carbonyl (C=O) groups excluding carboxylic acids is 1. The normalized spacial score (nSPS) is 18.5. The zero-order valence-electron chi connectivity index (χ0n) is 16.6. The van der Waals surface area contributed by atoms with Crippen molar-refractivity contribution in [1.82, 2.24) is 20.4 Å². The number of piperidine rings is 1. The summed E-state index contributed by atoms with van der Waals surface area (Å²) in [5, 5.41) is 6.72. The van der Waals surface area contributed by atoms with E-state index in [0.29, 0.717) is 18.2 Å². The van der Waals surface area contributed by atoms with Gasteiger partial charge in [0.1, 0.15) is 0 Å². The minimum Gasteiger partial charge on any atom is -0.355 e. The van der Waals surface area contributed by atoms with Crippen molar-refractivity contribution in [3.05, 3.63) is 35.4 Å². The van der Waals surface area contributed by atoms with Crippen molar-refractivity contribution < 1.29 is 4.79 Å². The van der Waals surface area contributed by atoms with Crippen LogP contribution in [0.2, 0.25) is 0 Å². The van der Waals surface area contributed by atoms with Crippen molar-refractivity contribution >= 4 is 11.9 Å². The Morgan fingerprint density at radius 3 is 2.58 bits per heavy atom. The molecule has 0 radical (unpaired) electrons. The van der Waals surface area contributed by atoms with E-state index in [1.165, 1.54) is 25.8 Å². The van der Waals surface area contributed by atoms with Crippen molar-refractivity contribution in [2.75, 3.05) is 40.8 Å². The Morgan fingerprint density at radius 2 is 1.96 bits per heavy atom.